The van der Waals surface area contributed by atoms with Crippen LogP contribution >= 0.6 is 27.3 Å². The summed E-state index contributed by atoms with van der Waals surface area (Å²) in [6, 6.07) is 3.72. The average Bonchev–Trinajstić information content (AvgIpc) is 2.60. The van der Waals surface area contributed by atoms with Gasteiger partial charge in [0.2, 0.25) is 0 Å². The van der Waals surface area contributed by atoms with Gasteiger partial charge in [0.1, 0.15) is 0 Å². The minimum absolute atomic E-state index is 0.103. The molecule has 1 rings (SSSR count). The van der Waals surface area contributed by atoms with Crippen LogP contribution in [0.5, 0.6) is 0 Å². The van der Waals surface area contributed by atoms with Crippen LogP contribution in [0.3, 0.4) is 0 Å². The smallest absolute Gasteiger partial charge is 0.335 e. The van der Waals surface area contributed by atoms with Gasteiger partial charge in [0.25, 0.3) is 0 Å². The SMILES string of the molecule is C/C(=N/NC(=O)NC(C)C)c1ccc(Br)s1. The number of nitrogens with one attached hydrogen (secondary N) is 2. The third-order valence-electron chi connectivity index (χ3n) is 1.67. The van der Waals surface area contributed by atoms with Crippen LogP contribution in [0.4, 0.5) is 4.79 Å². The number of hydrazone groups is 1. The molecule has 0 aromatic carbocycles. The van der Waals surface area contributed by atoms with E-state index in [9.17, 15) is 4.79 Å². The first-order valence-corrected chi connectivity index (χ1v) is 6.46. The quantitative estimate of drug-likeness (QED) is 0.655. The maximum absolute atomic E-state index is 11.3. The predicted octanol–water partition coefficient (Wildman–Crippen LogP) is 2.94. The molecule has 1 heterocycles. The molecule has 1 aromatic heterocycles. The summed E-state index contributed by atoms with van der Waals surface area (Å²) >= 11 is 4.95. The van der Waals surface area contributed by atoms with E-state index in [0.29, 0.717) is 0 Å². The Bertz CT molecular complexity index is 401. The van der Waals surface area contributed by atoms with E-state index in [1.165, 1.54) is 0 Å². The summed E-state index contributed by atoms with van der Waals surface area (Å²) in [5, 5.41) is 6.70. The van der Waals surface area contributed by atoms with Gasteiger partial charge >= 0.3 is 6.03 Å². The molecule has 0 aliphatic carbocycles. The fourth-order valence-corrected chi connectivity index (χ4v) is 2.32. The second kappa shape index (κ2) is 6.00. The van der Waals surface area contributed by atoms with Crippen LogP contribution in [0.1, 0.15) is 25.6 Å². The van der Waals surface area contributed by atoms with Crippen molar-refractivity contribution in [2.75, 3.05) is 0 Å². The zero-order valence-electron chi connectivity index (χ0n) is 9.37. The third kappa shape index (κ3) is 4.32. The number of carbonyl (C=O) groups excluding carboxylic acids is 1. The van der Waals surface area contributed by atoms with E-state index in [1.54, 1.807) is 11.3 Å². The molecule has 16 heavy (non-hydrogen) atoms. The van der Waals surface area contributed by atoms with Crippen molar-refractivity contribution < 1.29 is 4.79 Å². The first-order chi connectivity index (χ1) is 7.49. The molecular formula is C10H14BrN3OS. The van der Waals surface area contributed by atoms with Gasteiger partial charge in [-0.25, -0.2) is 10.2 Å². The molecule has 1 aromatic rings. The van der Waals surface area contributed by atoms with Gasteiger partial charge < -0.3 is 5.32 Å². The Morgan fingerprint density at radius 3 is 2.69 bits per heavy atom. The van der Waals surface area contributed by atoms with Crippen molar-refractivity contribution in [1.29, 1.82) is 0 Å². The van der Waals surface area contributed by atoms with Gasteiger partial charge in [-0.3, -0.25) is 0 Å². The van der Waals surface area contributed by atoms with Crippen LogP contribution < -0.4 is 10.7 Å². The fourth-order valence-electron chi connectivity index (χ4n) is 0.993. The lowest BCUT2D eigenvalue weighted by Gasteiger charge is -2.07. The Morgan fingerprint density at radius 2 is 2.19 bits per heavy atom. The lowest BCUT2D eigenvalue weighted by Crippen LogP contribution is -2.37. The van der Waals surface area contributed by atoms with Crippen molar-refractivity contribution in [1.82, 2.24) is 10.7 Å². The summed E-state index contributed by atoms with van der Waals surface area (Å²) in [4.78, 5) is 12.3. The molecule has 0 saturated carbocycles. The Kier molecular flexibility index (Phi) is 4.95. The number of carbonyl (C=O) groups is 1. The van der Waals surface area contributed by atoms with Crippen LogP contribution in [-0.2, 0) is 0 Å². The van der Waals surface area contributed by atoms with Gasteiger partial charge in [-0.15, -0.1) is 11.3 Å². The predicted molar refractivity (Wildman–Crippen MR) is 71.0 cm³/mol. The first kappa shape index (κ1) is 13.2. The van der Waals surface area contributed by atoms with Gasteiger partial charge in [0, 0.05) is 6.04 Å². The zero-order chi connectivity index (χ0) is 12.1. The second-order valence-electron chi connectivity index (χ2n) is 3.54. The van der Waals surface area contributed by atoms with E-state index in [1.807, 2.05) is 32.9 Å². The molecule has 0 fully saturated rings. The summed E-state index contributed by atoms with van der Waals surface area (Å²) in [5.74, 6) is 0. The Labute approximate surface area is 107 Å². The van der Waals surface area contributed by atoms with Crippen LogP contribution in [0.25, 0.3) is 0 Å². The Hall–Kier alpha value is -0.880. The standard InChI is InChI=1S/C10H14BrN3OS/c1-6(2)12-10(15)14-13-7(3)8-4-5-9(11)16-8/h4-6H,1-3H3,(H2,12,14,15)/b13-7-. The molecule has 0 unspecified atom stereocenters. The number of hydrogen-bond donors (Lipinski definition) is 2. The van der Waals surface area contributed by atoms with Crippen molar-refractivity contribution in [3.8, 4) is 0 Å². The lowest BCUT2D eigenvalue weighted by molar-refractivity contribution is 0.239. The van der Waals surface area contributed by atoms with Crippen LogP contribution in [0.15, 0.2) is 21.0 Å². The minimum atomic E-state index is -0.287. The van der Waals surface area contributed by atoms with Crippen molar-refractivity contribution >= 4 is 39.0 Å². The van der Waals surface area contributed by atoms with E-state index in [4.69, 9.17) is 0 Å². The Balaban J connectivity index is 2.54. The fraction of sp³-hybridized carbons (Fsp3) is 0.400. The Morgan fingerprint density at radius 1 is 1.50 bits per heavy atom. The molecule has 88 valence electrons. The summed E-state index contributed by atoms with van der Waals surface area (Å²) in [6.07, 6.45) is 0. The van der Waals surface area contributed by atoms with Crippen LogP contribution in [0, 0.1) is 0 Å². The van der Waals surface area contributed by atoms with Gasteiger partial charge in [-0.05, 0) is 48.8 Å². The number of thiophene rings is 1. The maximum Gasteiger partial charge on any atom is 0.335 e. The highest BCUT2D eigenvalue weighted by molar-refractivity contribution is 9.11. The molecule has 0 spiro atoms. The average molecular weight is 304 g/mol. The summed E-state index contributed by atoms with van der Waals surface area (Å²) in [5.41, 5.74) is 3.24. The molecule has 0 bridgehead atoms. The topological polar surface area (TPSA) is 53.5 Å². The molecule has 2 amide bonds. The zero-order valence-corrected chi connectivity index (χ0v) is 11.8. The summed E-state index contributed by atoms with van der Waals surface area (Å²) in [6.45, 7) is 5.65. The number of halogens is 1. The molecule has 2 N–H and O–H groups in total. The summed E-state index contributed by atoms with van der Waals surface area (Å²) in [7, 11) is 0. The van der Waals surface area contributed by atoms with E-state index in [0.717, 1.165) is 14.4 Å². The van der Waals surface area contributed by atoms with E-state index < -0.39 is 0 Å². The van der Waals surface area contributed by atoms with E-state index in [-0.39, 0.29) is 12.1 Å². The monoisotopic (exact) mass is 303 g/mol. The molecule has 0 saturated heterocycles. The number of nitrogens with zero attached hydrogens (tertiary/aromatic N) is 1. The van der Waals surface area contributed by atoms with Crippen molar-refractivity contribution in [3.05, 3.63) is 20.8 Å². The van der Waals surface area contributed by atoms with Crippen molar-refractivity contribution in [2.45, 2.75) is 26.8 Å². The number of rotatable bonds is 3. The minimum Gasteiger partial charge on any atom is -0.335 e. The largest absolute Gasteiger partial charge is 0.335 e. The number of amides is 2. The molecule has 0 atom stereocenters. The normalized spacial score (nSPS) is 11.7. The number of urea groups is 1. The molecule has 4 nitrogen and oxygen atoms in total. The highest BCUT2D eigenvalue weighted by atomic mass is 79.9. The molecule has 0 aliphatic heterocycles. The van der Waals surface area contributed by atoms with E-state index >= 15 is 0 Å². The summed E-state index contributed by atoms with van der Waals surface area (Å²) < 4.78 is 1.05. The first-order valence-electron chi connectivity index (χ1n) is 4.85. The van der Waals surface area contributed by atoms with Crippen LogP contribution in [-0.4, -0.2) is 17.8 Å². The van der Waals surface area contributed by atoms with Gasteiger partial charge in [0.15, 0.2) is 0 Å². The van der Waals surface area contributed by atoms with Gasteiger partial charge in [-0.1, -0.05) is 0 Å². The van der Waals surface area contributed by atoms with Crippen LogP contribution in [0.2, 0.25) is 0 Å². The lowest BCUT2D eigenvalue weighted by atomic mass is 10.3. The van der Waals surface area contributed by atoms with Crippen molar-refractivity contribution in [3.63, 3.8) is 0 Å². The molecular weight excluding hydrogens is 290 g/mol. The highest BCUT2D eigenvalue weighted by Gasteiger charge is 2.03. The van der Waals surface area contributed by atoms with Gasteiger partial charge in [-0.2, -0.15) is 5.10 Å². The van der Waals surface area contributed by atoms with E-state index in [2.05, 4.69) is 31.8 Å². The molecule has 0 radical (unpaired) electrons. The van der Waals surface area contributed by atoms with Gasteiger partial charge in [0.05, 0.1) is 14.4 Å². The van der Waals surface area contributed by atoms with Crippen molar-refractivity contribution in [2.24, 2.45) is 5.10 Å². The number of hydrogen-bond acceptors (Lipinski definition) is 3. The second-order valence-corrected chi connectivity index (χ2v) is 6.00. The maximum atomic E-state index is 11.3. The molecule has 6 heteroatoms. The highest BCUT2D eigenvalue weighted by Crippen LogP contribution is 2.22. The molecule has 0 aliphatic rings. The third-order valence-corrected chi connectivity index (χ3v) is 3.41.